The standard InChI is InChI=1S/C22H21ClN2O4/c23-18-8-6-17(7-9-18)22(11-10-20-24-12-13-25-20)28-15-19(29-22)14-27-21(26)16-4-2-1-3-5-16/h1-9,12-13,19H,10-11,14-15H2,(H,24,25)/t19-,22-/m0/s1. The number of nitrogens with one attached hydrogen (secondary N) is 1. The quantitative estimate of drug-likeness (QED) is 0.591. The van der Waals surface area contributed by atoms with Crippen LogP contribution in [0.5, 0.6) is 0 Å². The largest absolute Gasteiger partial charge is 0.459 e. The molecule has 0 aliphatic carbocycles. The zero-order valence-electron chi connectivity index (χ0n) is 15.7. The van der Waals surface area contributed by atoms with Crippen LogP contribution in [0.4, 0.5) is 0 Å². The van der Waals surface area contributed by atoms with Crippen molar-refractivity contribution in [2.75, 3.05) is 13.2 Å². The Bertz CT molecular complexity index is 931. The molecule has 6 nitrogen and oxygen atoms in total. The molecule has 1 aromatic heterocycles. The number of H-pyrrole nitrogens is 1. The fourth-order valence-electron chi connectivity index (χ4n) is 3.32. The lowest BCUT2D eigenvalue weighted by Gasteiger charge is -2.28. The van der Waals surface area contributed by atoms with Gasteiger partial charge < -0.3 is 19.2 Å². The first-order chi connectivity index (χ1) is 14.1. The topological polar surface area (TPSA) is 73.4 Å². The van der Waals surface area contributed by atoms with Crippen molar-refractivity contribution in [2.45, 2.75) is 24.7 Å². The minimum Gasteiger partial charge on any atom is -0.459 e. The lowest BCUT2D eigenvalue weighted by molar-refractivity contribution is -0.185. The molecule has 0 amide bonds. The second-order valence-corrected chi connectivity index (χ2v) is 7.25. The molecule has 2 aromatic carbocycles. The van der Waals surface area contributed by atoms with Gasteiger partial charge in [0.15, 0.2) is 5.79 Å². The van der Waals surface area contributed by atoms with Crippen LogP contribution < -0.4 is 0 Å². The van der Waals surface area contributed by atoms with E-state index in [1.165, 1.54) is 0 Å². The van der Waals surface area contributed by atoms with Gasteiger partial charge in [0.25, 0.3) is 0 Å². The Morgan fingerprint density at radius 2 is 2.00 bits per heavy atom. The number of esters is 1. The Morgan fingerprint density at radius 1 is 1.21 bits per heavy atom. The molecule has 2 atom stereocenters. The molecule has 3 aromatic rings. The number of aryl methyl sites for hydroxylation is 1. The summed E-state index contributed by atoms with van der Waals surface area (Å²) in [5.41, 5.74) is 1.37. The van der Waals surface area contributed by atoms with Crippen molar-refractivity contribution < 1.29 is 19.0 Å². The van der Waals surface area contributed by atoms with Crippen LogP contribution in [0, 0.1) is 0 Å². The molecule has 4 rings (SSSR count). The third kappa shape index (κ3) is 4.67. The van der Waals surface area contributed by atoms with Crippen LogP contribution in [0.25, 0.3) is 0 Å². The van der Waals surface area contributed by atoms with Crippen molar-refractivity contribution in [1.82, 2.24) is 9.97 Å². The van der Waals surface area contributed by atoms with E-state index < -0.39 is 5.79 Å². The zero-order chi connectivity index (χ0) is 20.1. The molecule has 1 saturated heterocycles. The van der Waals surface area contributed by atoms with E-state index in [0.29, 0.717) is 30.0 Å². The SMILES string of the molecule is O=C(OC[C@H]1CO[C@](CCc2ncc[nH]2)(c2ccc(Cl)cc2)O1)c1ccccc1. The van der Waals surface area contributed by atoms with Gasteiger partial charge in [-0.15, -0.1) is 0 Å². The molecule has 0 unspecified atom stereocenters. The maximum Gasteiger partial charge on any atom is 0.338 e. The number of rotatable bonds is 7. The van der Waals surface area contributed by atoms with Gasteiger partial charge in [-0.25, -0.2) is 9.78 Å². The van der Waals surface area contributed by atoms with Crippen LogP contribution in [0.15, 0.2) is 67.0 Å². The van der Waals surface area contributed by atoms with E-state index >= 15 is 0 Å². The van der Waals surface area contributed by atoms with Gasteiger partial charge in [0, 0.05) is 35.8 Å². The molecular formula is C22H21ClN2O4. The van der Waals surface area contributed by atoms with Crippen LogP contribution in [0.1, 0.15) is 28.2 Å². The predicted molar refractivity (Wildman–Crippen MR) is 108 cm³/mol. The van der Waals surface area contributed by atoms with Crippen LogP contribution in [-0.4, -0.2) is 35.3 Å². The molecule has 0 spiro atoms. The molecule has 29 heavy (non-hydrogen) atoms. The van der Waals surface area contributed by atoms with Crippen LogP contribution in [0.3, 0.4) is 0 Å². The van der Waals surface area contributed by atoms with Crippen molar-refractivity contribution in [1.29, 1.82) is 0 Å². The minimum atomic E-state index is -0.943. The molecule has 2 heterocycles. The fraction of sp³-hybridized carbons (Fsp3) is 0.273. The van der Waals surface area contributed by atoms with Crippen molar-refractivity contribution in [3.63, 3.8) is 0 Å². The van der Waals surface area contributed by atoms with Gasteiger partial charge in [-0.1, -0.05) is 41.9 Å². The zero-order valence-corrected chi connectivity index (χ0v) is 16.5. The van der Waals surface area contributed by atoms with Crippen LogP contribution >= 0.6 is 11.6 Å². The first-order valence-electron chi connectivity index (χ1n) is 9.43. The Labute approximate surface area is 173 Å². The summed E-state index contributed by atoms with van der Waals surface area (Å²) in [5.74, 6) is -0.473. The highest BCUT2D eigenvalue weighted by atomic mass is 35.5. The van der Waals surface area contributed by atoms with E-state index in [2.05, 4.69) is 9.97 Å². The number of benzene rings is 2. The number of nitrogens with zero attached hydrogens (tertiary/aromatic N) is 1. The Balaban J connectivity index is 1.44. The number of aromatic amines is 1. The first-order valence-corrected chi connectivity index (χ1v) is 9.81. The van der Waals surface area contributed by atoms with E-state index in [9.17, 15) is 4.79 Å². The number of aromatic nitrogens is 2. The smallest absolute Gasteiger partial charge is 0.338 e. The van der Waals surface area contributed by atoms with Crippen LogP contribution in [0.2, 0.25) is 5.02 Å². The summed E-state index contributed by atoms with van der Waals surface area (Å²) in [6.45, 7) is 0.437. The fourth-order valence-corrected chi connectivity index (χ4v) is 3.45. The molecule has 1 aliphatic rings. The summed E-state index contributed by atoms with van der Waals surface area (Å²) in [6.07, 6.45) is 4.34. The van der Waals surface area contributed by atoms with E-state index in [-0.39, 0.29) is 18.7 Å². The normalized spacial score (nSPS) is 21.2. The Hall–Kier alpha value is -2.67. The second-order valence-electron chi connectivity index (χ2n) is 6.81. The first kappa shape index (κ1) is 19.6. The number of ether oxygens (including phenoxy) is 3. The molecule has 1 aliphatic heterocycles. The highest BCUT2D eigenvalue weighted by Gasteiger charge is 2.43. The lowest BCUT2D eigenvalue weighted by atomic mass is 10.0. The molecule has 0 radical (unpaired) electrons. The molecule has 0 bridgehead atoms. The third-order valence-corrected chi connectivity index (χ3v) is 5.05. The monoisotopic (exact) mass is 412 g/mol. The number of imidazole rings is 1. The molecule has 150 valence electrons. The summed E-state index contributed by atoms with van der Waals surface area (Å²) in [6, 6.07) is 16.3. The summed E-state index contributed by atoms with van der Waals surface area (Å²) in [5, 5.41) is 0.640. The number of halogens is 1. The number of carbonyl (C=O) groups excluding carboxylic acids is 1. The maximum absolute atomic E-state index is 12.2. The molecule has 7 heteroatoms. The minimum absolute atomic E-state index is 0.115. The number of hydrogen-bond donors (Lipinski definition) is 1. The lowest BCUT2D eigenvalue weighted by Crippen LogP contribution is -2.30. The van der Waals surface area contributed by atoms with E-state index in [1.54, 1.807) is 48.8 Å². The van der Waals surface area contributed by atoms with Crippen molar-refractivity contribution in [3.8, 4) is 0 Å². The van der Waals surface area contributed by atoms with Crippen LogP contribution in [-0.2, 0) is 26.4 Å². The summed E-state index contributed by atoms with van der Waals surface area (Å²) >= 11 is 6.04. The summed E-state index contributed by atoms with van der Waals surface area (Å²) < 4.78 is 17.8. The molecular weight excluding hydrogens is 392 g/mol. The average molecular weight is 413 g/mol. The van der Waals surface area contributed by atoms with Gasteiger partial charge in [0.05, 0.1) is 12.2 Å². The predicted octanol–water partition coefficient (Wildman–Crippen LogP) is 4.12. The van der Waals surface area contributed by atoms with Gasteiger partial charge >= 0.3 is 5.97 Å². The average Bonchev–Trinajstić information content (AvgIpc) is 3.42. The van der Waals surface area contributed by atoms with Crippen molar-refractivity contribution in [2.24, 2.45) is 0 Å². The van der Waals surface area contributed by atoms with E-state index in [0.717, 1.165) is 11.4 Å². The summed E-state index contributed by atoms with van der Waals surface area (Å²) in [7, 11) is 0. The maximum atomic E-state index is 12.2. The molecule has 1 fully saturated rings. The highest BCUT2D eigenvalue weighted by Crippen LogP contribution is 2.38. The van der Waals surface area contributed by atoms with Gasteiger partial charge in [-0.3, -0.25) is 0 Å². The van der Waals surface area contributed by atoms with Gasteiger partial charge in [0.1, 0.15) is 18.5 Å². The number of hydrogen-bond acceptors (Lipinski definition) is 5. The van der Waals surface area contributed by atoms with Gasteiger partial charge in [-0.05, 0) is 24.3 Å². The van der Waals surface area contributed by atoms with Crippen molar-refractivity contribution >= 4 is 17.6 Å². The van der Waals surface area contributed by atoms with E-state index in [4.69, 9.17) is 25.8 Å². The Morgan fingerprint density at radius 3 is 2.72 bits per heavy atom. The van der Waals surface area contributed by atoms with Gasteiger partial charge in [0.2, 0.25) is 0 Å². The molecule has 1 N–H and O–H groups in total. The molecule has 0 saturated carbocycles. The highest BCUT2D eigenvalue weighted by molar-refractivity contribution is 6.30. The second kappa shape index (κ2) is 8.78. The third-order valence-electron chi connectivity index (χ3n) is 4.80. The van der Waals surface area contributed by atoms with Gasteiger partial charge in [-0.2, -0.15) is 0 Å². The van der Waals surface area contributed by atoms with E-state index in [1.807, 2.05) is 18.2 Å². The number of carbonyl (C=O) groups is 1. The Kier molecular flexibility index (Phi) is 5.94. The summed E-state index contributed by atoms with van der Waals surface area (Å²) in [4.78, 5) is 19.6. The van der Waals surface area contributed by atoms with Crippen molar-refractivity contribution in [3.05, 3.63) is 89.0 Å².